The summed E-state index contributed by atoms with van der Waals surface area (Å²) in [6, 6.07) is 0.613. The first-order valence-electron chi connectivity index (χ1n) is 6.55. The molecule has 0 spiro atoms. The van der Waals surface area contributed by atoms with Crippen molar-refractivity contribution in [3.8, 4) is 0 Å². The number of hydrogen-bond donors (Lipinski definition) is 2. The molecule has 0 aliphatic rings. The Bertz CT molecular complexity index is 673. The van der Waals surface area contributed by atoms with E-state index in [-0.39, 0.29) is 11.6 Å². The van der Waals surface area contributed by atoms with E-state index in [1.165, 1.54) is 16.9 Å². The number of aromatic nitrogens is 4. The predicted octanol–water partition coefficient (Wildman–Crippen LogP) is 1.31. The van der Waals surface area contributed by atoms with Crippen LogP contribution in [-0.2, 0) is 11.3 Å². The Morgan fingerprint density at radius 2 is 2.14 bits per heavy atom. The van der Waals surface area contributed by atoms with Gasteiger partial charge in [0.2, 0.25) is 5.91 Å². The fourth-order valence-electron chi connectivity index (χ4n) is 2.03. The third-order valence-corrected chi connectivity index (χ3v) is 3.30. The lowest BCUT2D eigenvalue weighted by Crippen LogP contribution is -2.27. The van der Waals surface area contributed by atoms with E-state index >= 15 is 0 Å². The third kappa shape index (κ3) is 2.78. The van der Waals surface area contributed by atoms with Gasteiger partial charge in [-0.15, -0.1) is 0 Å². The number of aromatic carboxylic acids is 1. The molecule has 0 saturated carbocycles. The molecule has 1 amide bonds. The van der Waals surface area contributed by atoms with Crippen LogP contribution < -0.4 is 5.32 Å². The summed E-state index contributed by atoms with van der Waals surface area (Å²) in [5, 5.41) is 19.8. The SMILES string of the molecule is CCn1ncc(NC(=O)C(C)n2nccc2C(=O)O)c1C. The summed E-state index contributed by atoms with van der Waals surface area (Å²) >= 11 is 0. The van der Waals surface area contributed by atoms with Crippen molar-refractivity contribution in [1.29, 1.82) is 0 Å². The molecule has 2 N–H and O–H groups in total. The summed E-state index contributed by atoms with van der Waals surface area (Å²) in [4.78, 5) is 23.3. The van der Waals surface area contributed by atoms with E-state index in [9.17, 15) is 9.59 Å². The van der Waals surface area contributed by atoms with Gasteiger partial charge in [-0.3, -0.25) is 9.48 Å². The van der Waals surface area contributed by atoms with Gasteiger partial charge in [0.15, 0.2) is 0 Å². The van der Waals surface area contributed by atoms with Crippen molar-refractivity contribution in [2.24, 2.45) is 0 Å². The maximum Gasteiger partial charge on any atom is 0.354 e. The van der Waals surface area contributed by atoms with Gasteiger partial charge < -0.3 is 10.4 Å². The van der Waals surface area contributed by atoms with Gasteiger partial charge in [-0.25, -0.2) is 9.48 Å². The lowest BCUT2D eigenvalue weighted by atomic mass is 10.3. The van der Waals surface area contributed by atoms with E-state index in [1.807, 2.05) is 13.8 Å². The molecule has 0 saturated heterocycles. The van der Waals surface area contributed by atoms with Crippen LogP contribution in [0.15, 0.2) is 18.5 Å². The van der Waals surface area contributed by atoms with E-state index in [1.54, 1.807) is 17.8 Å². The fraction of sp³-hybridized carbons (Fsp3) is 0.385. The molecule has 1 unspecified atom stereocenters. The number of rotatable bonds is 5. The Labute approximate surface area is 121 Å². The van der Waals surface area contributed by atoms with E-state index < -0.39 is 12.0 Å². The van der Waals surface area contributed by atoms with Crippen LogP contribution in [-0.4, -0.2) is 36.5 Å². The summed E-state index contributed by atoms with van der Waals surface area (Å²) in [5.41, 5.74) is 1.42. The smallest absolute Gasteiger partial charge is 0.354 e. The molecule has 8 nitrogen and oxygen atoms in total. The zero-order valence-corrected chi connectivity index (χ0v) is 12.1. The lowest BCUT2D eigenvalue weighted by molar-refractivity contribution is -0.119. The highest BCUT2D eigenvalue weighted by Gasteiger charge is 2.22. The van der Waals surface area contributed by atoms with Crippen molar-refractivity contribution in [3.63, 3.8) is 0 Å². The minimum absolute atomic E-state index is 0.0291. The fourth-order valence-corrected chi connectivity index (χ4v) is 2.03. The van der Waals surface area contributed by atoms with E-state index in [4.69, 9.17) is 5.11 Å². The number of hydrogen-bond acceptors (Lipinski definition) is 4. The number of nitrogens with zero attached hydrogens (tertiary/aromatic N) is 4. The first-order valence-corrected chi connectivity index (χ1v) is 6.55. The number of carboxylic acids is 1. The number of amides is 1. The summed E-state index contributed by atoms with van der Waals surface area (Å²) in [6.07, 6.45) is 2.93. The second-order valence-electron chi connectivity index (χ2n) is 4.59. The highest BCUT2D eigenvalue weighted by atomic mass is 16.4. The Hall–Kier alpha value is -2.64. The maximum atomic E-state index is 12.2. The zero-order valence-electron chi connectivity index (χ0n) is 12.1. The first kappa shape index (κ1) is 14.8. The Morgan fingerprint density at radius 3 is 2.71 bits per heavy atom. The predicted molar refractivity (Wildman–Crippen MR) is 75.2 cm³/mol. The molecular weight excluding hydrogens is 274 g/mol. The molecule has 2 aromatic rings. The van der Waals surface area contributed by atoms with Crippen molar-refractivity contribution >= 4 is 17.6 Å². The summed E-state index contributed by atoms with van der Waals surface area (Å²) in [6.45, 7) is 6.11. The van der Waals surface area contributed by atoms with Gasteiger partial charge in [-0.05, 0) is 26.8 Å². The van der Waals surface area contributed by atoms with Crippen LogP contribution in [0.3, 0.4) is 0 Å². The van der Waals surface area contributed by atoms with Crippen molar-refractivity contribution in [2.45, 2.75) is 33.4 Å². The normalized spacial score (nSPS) is 12.1. The molecule has 0 aliphatic carbocycles. The van der Waals surface area contributed by atoms with Crippen molar-refractivity contribution in [2.75, 3.05) is 5.32 Å². The van der Waals surface area contributed by atoms with Gasteiger partial charge in [0.1, 0.15) is 11.7 Å². The Balaban J connectivity index is 2.18. The number of aryl methyl sites for hydroxylation is 1. The molecule has 0 radical (unpaired) electrons. The molecule has 0 aliphatic heterocycles. The number of anilines is 1. The molecular formula is C13H17N5O3. The quantitative estimate of drug-likeness (QED) is 0.864. The summed E-state index contributed by atoms with van der Waals surface area (Å²) < 4.78 is 2.94. The van der Waals surface area contributed by atoms with Gasteiger partial charge in [0.05, 0.1) is 17.6 Å². The minimum atomic E-state index is -1.12. The highest BCUT2D eigenvalue weighted by molar-refractivity contribution is 5.94. The largest absolute Gasteiger partial charge is 0.477 e. The topological polar surface area (TPSA) is 102 Å². The van der Waals surface area contributed by atoms with Crippen molar-refractivity contribution in [1.82, 2.24) is 19.6 Å². The van der Waals surface area contributed by atoms with Gasteiger partial charge in [-0.1, -0.05) is 0 Å². The number of carboxylic acid groups (broad SMARTS) is 1. The van der Waals surface area contributed by atoms with Gasteiger partial charge in [-0.2, -0.15) is 10.2 Å². The van der Waals surface area contributed by atoms with Crippen LogP contribution in [0, 0.1) is 6.92 Å². The highest BCUT2D eigenvalue weighted by Crippen LogP contribution is 2.17. The van der Waals surface area contributed by atoms with E-state index in [0.29, 0.717) is 12.2 Å². The van der Waals surface area contributed by atoms with E-state index in [2.05, 4.69) is 15.5 Å². The first-order chi connectivity index (χ1) is 9.95. The molecule has 0 fully saturated rings. The van der Waals surface area contributed by atoms with Crippen LogP contribution in [0.25, 0.3) is 0 Å². The Morgan fingerprint density at radius 1 is 1.43 bits per heavy atom. The van der Waals surface area contributed by atoms with E-state index in [0.717, 1.165) is 5.69 Å². The van der Waals surface area contributed by atoms with Gasteiger partial charge >= 0.3 is 5.97 Å². The molecule has 1 atom stereocenters. The number of carbonyl (C=O) groups excluding carboxylic acids is 1. The number of carbonyl (C=O) groups is 2. The second-order valence-corrected chi connectivity index (χ2v) is 4.59. The molecule has 2 aromatic heterocycles. The lowest BCUT2D eigenvalue weighted by Gasteiger charge is -2.14. The molecule has 8 heteroatoms. The molecule has 21 heavy (non-hydrogen) atoms. The maximum absolute atomic E-state index is 12.2. The van der Waals surface area contributed by atoms with Gasteiger partial charge in [0, 0.05) is 12.7 Å². The second kappa shape index (κ2) is 5.78. The van der Waals surface area contributed by atoms with Crippen molar-refractivity contribution in [3.05, 3.63) is 29.8 Å². The van der Waals surface area contributed by atoms with Crippen LogP contribution in [0.4, 0.5) is 5.69 Å². The molecule has 0 aromatic carbocycles. The third-order valence-electron chi connectivity index (χ3n) is 3.30. The van der Waals surface area contributed by atoms with Gasteiger partial charge in [0.25, 0.3) is 0 Å². The van der Waals surface area contributed by atoms with Crippen LogP contribution in [0.2, 0.25) is 0 Å². The minimum Gasteiger partial charge on any atom is -0.477 e. The average Bonchev–Trinajstić information content (AvgIpc) is 3.06. The zero-order chi connectivity index (χ0) is 15.6. The van der Waals surface area contributed by atoms with Crippen LogP contribution in [0.1, 0.15) is 36.1 Å². The number of nitrogens with one attached hydrogen (secondary N) is 1. The molecule has 2 rings (SSSR count). The standard InChI is InChI=1S/C13H17N5O3/c1-4-17-8(2)10(7-15-17)16-12(19)9(3)18-11(13(20)21)5-6-14-18/h5-7,9H,4H2,1-3H3,(H,16,19)(H,20,21). The van der Waals surface area contributed by atoms with Crippen molar-refractivity contribution < 1.29 is 14.7 Å². The molecule has 2 heterocycles. The summed E-state index contributed by atoms with van der Waals surface area (Å²) in [5.74, 6) is -1.47. The molecule has 0 bridgehead atoms. The summed E-state index contributed by atoms with van der Waals surface area (Å²) in [7, 11) is 0. The monoisotopic (exact) mass is 291 g/mol. The van der Waals surface area contributed by atoms with Crippen LogP contribution in [0.5, 0.6) is 0 Å². The molecule has 112 valence electrons. The van der Waals surface area contributed by atoms with Crippen LogP contribution >= 0.6 is 0 Å². The average molecular weight is 291 g/mol. The Kier molecular flexibility index (Phi) is 4.06.